The molecule has 1 atom stereocenters. The minimum Gasteiger partial charge on any atom is -0.466 e. The molecule has 3 heterocycles. The van der Waals surface area contributed by atoms with Gasteiger partial charge in [0.15, 0.2) is 0 Å². The van der Waals surface area contributed by atoms with Crippen molar-refractivity contribution in [1.82, 2.24) is 9.97 Å². The summed E-state index contributed by atoms with van der Waals surface area (Å²) in [5.74, 6) is 1.73. The summed E-state index contributed by atoms with van der Waals surface area (Å²) >= 11 is 1.64. The second kappa shape index (κ2) is 6.60. The largest absolute Gasteiger partial charge is 0.466 e. The molecule has 1 aliphatic heterocycles. The molecular weight excluding hydrogens is 298 g/mol. The molecule has 0 aliphatic carbocycles. The van der Waals surface area contributed by atoms with Crippen molar-refractivity contribution in [3.05, 3.63) is 17.3 Å². The van der Waals surface area contributed by atoms with Gasteiger partial charge in [-0.05, 0) is 31.2 Å². The van der Waals surface area contributed by atoms with Crippen LogP contribution < -0.4 is 4.90 Å². The highest BCUT2D eigenvalue weighted by molar-refractivity contribution is 7.16. The summed E-state index contributed by atoms with van der Waals surface area (Å²) in [7, 11) is 0. The van der Waals surface area contributed by atoms with E-state index in [4.69, 9.17) is 9.72 Å². The highest BCUT2D eigenvalue weighted by atomic mass is 32.1. The average molecular weight is 319 g/mol. The number of nitrogens with zero attached hydrogens (tertiary/aromatic N) is 3. The van der Waals surface area contributed by atoms with Crippen LogP contribution in [0.15, 0.2) is 11.4 Å². The molecule has 6 heteroatoms. The number of fused-ring (bicyclic) bond motifs is 1. The van der Waals surface area contributed by atoms with Crippen molar-refractivity contribution >= 4 is 33.3 Å². The summed E-state index contributed by atoms with van der Waals surface area (Å²) in [6.45, 7) is 5.29. The van der Waals surface area contributed by atoms with Gasteiger partial charge in [0.2, 0.25) is 0 Å². The van der Waals surface area contributed by atoms with Crippen LogP contribution in [0.2, 0.25) is 0 Å². The molecule has 5 nitrogen and oxygen atoms in total. The van der Waals surface area contributed by atoms with E-state index < -0.39 is 0 Å². The van der Waals surface area contributed by atoms with Gasteiger partial charge in [-0.3, -0.25) is 4.79 Å². The van der Waals surface area contributed by atoms with Gasteiger partial charge < -0.3 is 9.64 Å². The number of rotatable bonds is 5. The molecule has 1 saturated heterocycles. The van der Waals surface area contributed by atoms with E-state index in [2.05, 4.69) is 28.3 Å². The lowest BCUT2D eigenvalue weighted by Crippen LogP contribution is -2.32. The number of esters is 1. The third-order valence-electron chi connectivity index (χ3n) is 4.02. The number of carbonyl (C=O) groups is 1. The van der Waals surface area contributed by atoms with E-state index in [0.717, 1.165) is 47.7 Å². The Balaban J connectivity index is 1.91. The highest BCUT2D eigenvalue weighted by Crippen LogP contribution is 2.33. The predicted molar refractivity (Wildman–Crippen MR) is 88.4 cm³/mol. The molecule has 0 saturated carbocycles. The molecule has 2 aromatic heterocycles. The Labute approximate surface area is 134 Å². The molecule has 0 N–H and O–H groups in total. The normalized spacial score (nSPS) is 18.1. The lowest BCUT2D eigenvalue weighted by Gasteiger charge is -2.26. The minimum absolute atomic E-state index is 0.120. The maximum atomic E-state index is 11.8. The van der Waals surface area contributed by atoms with Crippen molar-refractivity contribution in [2.45, 2.75) is 45.6 Å². The standard InChI is InChI=1S/C16H21N3O2S/c1-3-13-17-15(12-7-9-22-16(12)18-13)19-8-5-6-11(19)10-14(20)21-4-2/h7,9,11H,3-6,8,10H2,1-2H3. The molecule has 0 spiro atoms. The van der Waals surface area contributed by atoms with Gasteiger partial charge in [-0.15, -0.1) is 11.3 Å². The Morgan fingerprint density at radius 1 is 1.45 bits per heavy atom. The molecule has 0 amide bonds. The van der Waals surface area contributed by atoms with E-state index in [-0.39, 0.29) is 12.0 Å². The number of thiophene rings is 1. The van der Waals surface area contributed by atoms with Gasteiger partial charge >= 0.3 is 5.97 Å². The fraction of sp³-hybridized carbons (Fsp3) is 0.562. The zero-order valence-electron chi connectivity index (χ0n) is 13.0. The van der Waals surface area contributed by atoms with Gasteiger partial charge in [-0.25, -0.2) is 9.97 Å². The maximum absolute atomic E-state index is 11.8. The molecule has 0 aromatic carbocycles. The second-order valence-electron chi connectivity index (χ2n) is 5.46. The smallest absolute Gasteiger partial charge is 0.307 e. The zero-order chi connectivity index (χ0) is 15.5. The Kier molecular flexibility index (Phi) is 4.57. The van der Waals surface area contributed by atoms with Gasteiger partial charge in [-0.1, -0.05) is 6.92 Å². The number of anilines is 1. The Bertz CT molecular complexity index is 670. The van der Waals surface area contributed by atoms with Gasteiger partial charge in [-0.2, -0.15) is 0 Å². The van der Waals surface area contributed by atoms with Crippen LogP contribution in [-0.4, -0.2) is 35.1 Å². The average Bonchev–Trinajstić information content (AvgIpc) is 3.15. The van der Waals surface area contributed by atoms with Crippen LogP contribution >= 0.6 is 11.3 Å². The Morgan fingerprint density at radius 3 is 3.09 bits per heavy atom. The summed E-state index contributed by atoms with van der Waals surface area (Å²) in [6.07, 6.45) is 3.35. The third-order valence-corrected chi connectivity index (χ3v) is 4.83. The Morgan fingerprint density at radius 2 is 2.32 bits per heavy atom. The SMILES string of the molecule is CCOC(=O)CC1CCCN1c1nc(CC)nc2sccc12. The van der Waals surface area contributed by atoms with E-state index >= 15 is 0 Å². The molecule has 1 aliphatic rings. The Hall–Kier alpha value is -1.69. The van der Waals surface area contributed by atoms with E-state index in [1.54, 1.807) is 11.3 Å². The third kappa shape index (κ3) is 2.92. The first-order chi connectivity index (χ1) is 10.7. The second-order valence-corrected chi connectivity index (χ2v) is 6.35. The zero-order valence-corrected chi connectivity index (χ0v) is 13.9. The lowest BCUT2D eigenvalue weighted by atomic mass is 10.1. The summed E-state index contributed by atoms with van der Waals surface area (Å²) in [4.78, 5) is 24.5. The lowest BCUT2D eigenvalue weighted by molar-refractivity contribution is -0.143. The molecule has 2 aromatic rings. The van der Waals surface area contributed by atoms with Crippen LogP contribution in [0.25, 0.3) is 10.2 Å². The number of carbonyl (C=O) groups excluding carboxylic acids is 1. The molecule has 118 valence electrons. The number of aromatic nitrogens is 2. The molecule has 0 bridgehead atoms. The molecule has 3 rings (SSSR count). The highest BCUT2D eigenvalue weighted by Gasteiger charge is 2.30. The summed E-state index contributed by atoms with van der Waals surface area (Å²) in [5, 5.41) is 3.15. The van der Waals surface area contributed by atoms with Crippen LogP contribution in [0.3, 0.4) is 0 Å². The van der Waals surface area contributed by atoms with Crippen molar-refractivity contribution in [2.24, 2.45) is 0 Å². The quantitative estimate of drug-likeness (QED) is 0.792. The number of hydrogen-bond donors (Lipinski definition) is 0. The van der Waals surface area contributed by atoms with Crippen LogP contribution in [0.4, 0.5) is 5.82 Å². The summed E-state index contributed by atoms with van der Waals surface area (Å²) < 4.78 is 5.11. The van der Waals surface area contributed by atoms with Gasteiger partial charge in [0, 0.05) is 19.0 Å². The van der Waals surface area contributed by atoms with Crippen molar-refractivity contribution < 1.29 is 9.53 Å². The van der Waals surface area contributed by atoms with Crippen molar-refractivity contribution in [3.63, 3.8) is 0 Å². The van der Waals surface area contributed by atoms with Crippen LogP contribution in [0.5, 0.6) is 0 Å². The number of aryl methyl sites for hydroxylation is 1. The molecule has 0 radical (unpaired) electrons. The monoisotopic (exact) mass is 319 g/mol. The summed E-state index contributed by atoms with van der Waals surface area (Å²) in [6, 6.07) is 2.26. The van der Waals surface area contributed by atoms with Gasteiger partial charge in [0.1, 0.15) is 16.5 Å². The molecular formula is C16H21N3O2S. The first-order valence-corrected chi connectivity index (χ1v) is 8.77. The molecule has 1 unspecified atom stereocenters. The van der Waals surface area contributed by atoms with Crippen LogP contribution in [0, 0.1) is 0 Å². The summed E-state index contributed by atoms with van der Waals surface area (Å²) in [5.41, 5.74) is 0. The van der Waals surface area contributed by atoms with E-state index in [9.17, 15) is 4.79 Å². The van der Waals surface area contributed by atoms with Gasteiger partial charge in [0.25, 0.3) is 0 Å². The first kappa shape index (κ1) is 15.2. The predicted octanol–water partition coefficient (Wildman–Crippen LogP) is 3.18. The van der Waals surface area contributed by atoms with E-state index in [1.165, 1.54) is 0 Å². The maximum Gasteiger partial charge on any atom is 0.307 e. The fourth-order valence-electron chi connectivity index (χ4n) is 3.00. The van der Waals surface area contributed by atoms with Crippen molar-refractivity contribution in [1.29, 1.82) is 0 Å². The fourth-order valence-corrected chi connectivity index (χ4v) is 3.78. The number of hydrogen-bond acceptors (Lipinski definition) is 6. The van der Waals surface area contributed by atoms with Crippen molar-refractivity contribution in [2.75, 3.05) is 18.1 Å². The topological polar surface area (TPSA) is 55.3 Å². The van der Waals surface area contributed by atoms with E-state index in [1.807, 2.05) is 6.92 Å². The molecule has 1 fully saturated rings. The van der Waals surface area contributed by atoms with Crippen molar-refractivity contribution in [3.8, 4) is 0 Å². The molecule has 22 heavy (non-hydrogen) atoms. The van der Waals surface area contributed by atoms with Crippen LogP contribution in [-0.2, 0) is 16.0 Å². The minimum atomic E-state index is -0.120. The van der Waals surface area contributed by atoms with Gasteiger partial charge in [0.05, 0.1) is 18.4 Å². The van der Waals surface area contributed by atoms with E-state index in [0.29, 0.717) is 13.0 Å². The number of ether oxygens (including phenoxy) is 1. The van der Waals surface area contributed by atoms with Crippen LogP contribution in [0.1, 0.15) is 38.9 Å². The first-order valence-electron chi connectivity index (χ1n) is 7.89.